The molecule has 0 saturated heterocycles. The number of aliphatic hydroxyl groups is 1. The molecule has 0 radical (unpaired) electrons. The van der Waals surface area contributed by atoms with Gasteiger partial charge in [-0.15, -0.1) is 0 Å². The molecule has 0 amide bonds. The van der Waals surface area contributed by atoms with Gasteiger partial charge < -0.3 is 15.0 Å². The zero-order valence-corrected chi connectivity index (χ0v) is 14.0. The third-order valence-electron chi connectivity index (χ3n) is 4.09. The third-order valence-corrected chi connectivity index (χ3v) is 4.09. The number of imidazole rings is 1. The molecule has 132 valence electrons. The lowest BCUT2D eigenvalue weighted by atomic mass is 10.1. The number of fused-ring (bicyclic) bond motifs is 1. The Balaban J connectivity index is 1.94. The van der Waals surface area contributed by atoms with Crippen LogP contribution in [0.15, 0.2) is 39.9 Å². The van der Waals surface area contributed by atoms with Crippen molar-refractivity contribution in [3.63, 3.8) is 0 Å². The van der Waals surface area contributed by atoms with Gasteiger partial charge in [0.2, 0.25) is 5.95 Å². The number of aromatic nitrogens is 4. The molecule has 8 nitrogen and oxygen atoms in total. The van der Waals surface area contributed by atoms with Crippen LogP contribution in [0.2, 0.25) is 0 Å². The Morgan fingerprint density at radius 3 is 2.72 bits per heavy atom. The normalized spacial score (nSPS) is 11.1. The molecule has 2 heterocycles. The summed E-state index contributed by atoms with van der Waals surface area (Å²) in [4.78, 5) is 30.8. The summed E-state index contributed by atoms with van der Waals surface area (Å²) in [7, 11) is 1.57. The monoisotopic (exact) mass is 343 g/mol. The number of anilines is 1. The largest absolute Gasteiger partial charge is 0.395 e. The van der Waals surface area contributed by atoms with E-state index in [1.807, 2.05) is 18.2 Å². The van der Waals surface area contributed by atoms with E-state index < -0.39 is 11.2 Å². The summed E-state index contributed by atoms with van der Waals surface area (Å²) in [5.41, 5.74) is 0.949. The summed E-state index contributed by atoms with van der Waals surface area (Å²) in [5.74, 6) is 0.476. The topological polar surface area (TPSA) is 105 Å². The highest BCUT2D eigenvalue weighted by molar-refractivity contribution is 5.74. The number of hydrogen-bond acceptors (Lipinski definition) is 5. The summed E-state index contributed by atoms with van der Waals surface area (Å²) in [5, 5.41) is 12.1. The van der Waals surface area contributed by atoms with Crippen molar-refractivity contribution < 1.29 is 5.11 Å². The minimum absolute atomic E-state index is 0.0531. The molecule has 0 aliphatic carbocycles. The van der Waals surface area contributed by atoms with E-state index in [2.05, 4.69) is 27.4 Å². The van der Waals surface area contributed by atoms with Crippen molar-refractivity contribution in [2.45, 2.75) is 19.4 Å². The molecule has 3 N–H and O–H groups in total. The maximum atomic E-state index is 12.3. The molecule has 8 heteroatoms. The average molecular weight is 343 g/mol. The number of H-pyrrole nitrogens is 1. The second-order valence-electron chi connectivity index (χ2n) is 5.82. The maximum Gasteiger partial charge on any atom is 0.329 e. The van der Waals surface area contributed by atoms with Crippen LogP contribution in [-0.2, 0) is 20.0 Å². The first kappa shape index (κ1) is 17.0. The number of aromatic amines is 1. The van der Waals surface area contributed by atoms with E-state index in [9.17, 15) is 9.59 Å². The molecule has 0 spiro atoms. The van der Waals surface area contributed by atoms with Gasteiger partial charge in [-0.05, 0) is 18.4 Å². The highest BCUT2D eigenvalue weighted by atomic mass is 16.3. The predicted octanol–water partition coefficient (Wildman–Crippen LogP) is 0.460. The molecule has 25 heavy (non-hydrogen) atoms. The summed E-state index contributed by atoms with van der Waals surface area (Å²) in [6.45, 7) is 0.830. The predicted molar refractivity (Wildman–Crippen MR) is 95.9 cm³/mol. The van der Waals surface area contributed by atoms with E-state index in [1.54, 1.807) is 11.6 Å². The van der Waals surface area contributed by atoms with E-state index in [0.717, 1.165) is 12.8 Å². The fourth-order valence-corrected chi connectivity index (χ4v) is 2.84. The lowest BCUT2D eigenvalue weighted by molar-refractivity contribution is 0.310. The number of nitrogens with zero attached hydrogens (tertiary/aromatic N) is 3. The number of rotatable bonds is 7. The molecule has 1 aromatic carbocycles. The van der Waals surface area contributed by atoms with Crippen LogP contribution in [0.4, 0.5) is 5.95 Å². The molecule has 0 atom stereocenters. The first-order valence-corrected chi connectivity index (χ1v) is 8.20. The van der Waals surface area contributed by atoms with Crippen LogP contribution in [0.3, 0.4) is 0 Å². The fraction of sp³-hybridized carbons (Fsp3) is 0.353. The summed E-state index contributed by atoms with van der Waals surface area (Å²) < 4.78 is 3.08. The molecule has 0 fully saturated rings. The van der Waals surface area contributed by atoms with E-state index >= 15 is 0 Å². The van der Waals surface area contributed by atoms with Gasteiger partial charge in [-0.3, -0.25) is 14.3 Å². The van der Waals surface area contributed by atoms with E-state index in [0.29, 0.717) is 30.2 Å². The minimum Gasteiger partial charge on any atom is -0.395 e. The first-order valence-electron chi connectivity index (χ1n) is 8.20. The van der Waals surface area contributed by atoms with Gasteiger partial charge in [0, 0.05) is 20.1 Å². The van der Waals surface area contributed by atoms with E-state index in [4.69, 9.17) is 5.11 Å². The highest BCUT2D eigenvalue weighted by Crippen LogP contribution is 2.16. The van der Waals surface area contributed by atoms with Crippen LogP contribution in [0.25, 0.3) is 11.2 Å². The van der Waals surface area contributed by atoms with Crippen LogP contribution in [-0.4, -0.2) is 37.4 Å². The van der Waals surface area contributed by atoms with Crippen LogP contribution < -0.4 is 16.6 Å². The van der Waals surface area contributed by atoms with Gasteiger partial charge in [-0.25, -0.2) is 4.79 Å². The second-order valence-corrected chi connectivity index (χ2v) is 5.82. The van der Waals surface area contributed by atoms with Gasteiger partial charge in [-0.1, -0.05) is 30.3 Å². The Hall–Kier alpha value is -2.87. The zero-order chi connectivity index (χ0) is 17.8. The van der Waals surface area contributed by atoms with Gasteiger partial charge in [0.15, 0.2) is 11.2 Å². The van der Waals surface area contributed by atoms with Gasteiger partial charge in [-0.2, -0.15) is 4.98 Å². The average Bonchev–Trinajstić information content (AvgIpc) is 2.98. The molecule has 3 aromatic rings. The second kappa shape index (κ2) is 7.35. The molecular formula is C17H21N5O3. The van der Waals surface area contributed by atoms with E-state index in [1.165, 1.54) is 10.1 Å². The SMILES string of the molecule is Cn1c(=O)[nH]c(=O)c2c1nc(NCCO)n2CCCc1ccccc1. The van der Waals surface area contributed by atoms with E-state index in [-0.39, 0.29) is 6.61 Å². The molecule has 0 aliphatic rings. The summed E-state index contributed by atoms with van der Waals surface area (Å²) >= 11 is 0. The van der Waals surface area contributed by atoms with Gasteiger partial charge in [0.25, 0.3) is 5.56 Å². The number of benzene rings is 1. The number of aliphatic hydroxyl groups excluding tert-OH is 1. The molecule has 0 bridgehead atoms. The molecule has 0 unspecified atom stereocenters. The van der Waals surface area contributed by atoms with Crippen molar-refractivity contribution in [2.75, 3.05) is 18.5 Å². The molecular weight excluding hydrogens is 322 g/mol. The number of hydrogen-bond donors (Lipinski definition) is 3. The van der Waals surface area contributed by atoms with Crippen molar-refractivity contribution in [2.24, 2.45) is 7.05 Å². The minimum atomic E-state index is -0.500. The smallest absolute Gasteiger partial charge is 0.329 e. The van der Waals surface area contributed by atoms with Crippen molar-refractivity contribution in [1.82, 2.24) is 19.1 Å². The lowest BCUT2D eigenvalue weighted by Gasteiger charge is -2.09. The highest BCUT2D eigenvalue weighted by Gasteiger charge is 2.16. The van der Waals surface area contributed by atoms with Crippen LogP contribution >= 0.6 is 0 Å². The quantitative estimate of drug-likeness (QED) is 0.578. The zero-order valence-electron chi connectivity index (χ0n) is 14.0. The fourth-order valence-electron chi connectivity index (χ4n) is 2.84. The standard InChI is InChI=1S/C17H21N5O3/c1-21-14-13(15(24)20-17(21)25)22(16(19-14)18-9-11-23)10-5-8-12-6-3-2-4-7-12/h2-4,6-7,23H,5,8-11H2,1H3,(H,18,19)(H,20,24,25). The third kappa shape index (κ3) is 3.48. The summed E-state index contributed by atoms with van der Waals surface area (Å²) in [6.07, 6.45) is 1.68. The lowest BCUT2D eigenvalue weighted by Crippen LogP contribution is -2.29. The van der Waals surface area contributed by atoms with Crippen molar-refractivity contribution in [1.29, 1.82) is 0 Å². The van der Waals surface area contributed by atoms with Gasteiger partial charge >= 0.3 is 5.69 Å². The van der Waals surface area contributed by atoms with Crippen LogP contribution in [0.5, 0.6) is 0 Å². The maximum absolute atomic E-state index is 12.3. The first-order chi connectivity index (χ1) is 12.1. The van der Waals surface area contributed by atoms with Crippen molar-refractivity contribution in [3.8, 4) is 0 Å². The van der Waals surface area contributed by atoms with Crippen LogP contribution in [0, 0.1) is 0 Å². The Morgan fingerprint density at radius 1 is 1.24 bits per heavy atom. The molecule has 2 aromatic heterocycles. The Kier molecular flexibility index (Phi) is 4.99. The van der Waals surface area contributed by atoms with Gasteiger partial charge in [0.1, 0.15) is 0 Å². The number of nitrogens with one attached hydrogen (secondary N) is 2. The number of aryl methyl sites for hydroxylation is 3. The molecule has 0 saturated carbocycles. The molecule has 3 rings (SSSR count). The Bertz CT molecular complexity index is 972. The van der Waals surface area contributed by atoms with Crippen molar-refractivity contribution in [3.05, 3.63) is 56.7 Å². The van der Waals surface area contributed by atoms with Gasteiger partial charge in [0.05, 0.1) is 6.61 Å². The van der Waals surface area contributed by atoms with Crippen molar-refractivity contribution >= 4 is 17.1 Å². The summed E-state index contributed by atoms with van der Waals surface area (Å²) in [6, 6.07) is 10.1. The Morgan fingerprint density at radius 2 is 2.00 bits per heavy atom. The molecule has 0 aliphatic heterocycles. The van der Waals surface area contributed by atoms with Crippen LogP contribution in [0.1, 0.15) is 12.0 Å². The Labute approximate surface area is 143 Å².